The summed E-state index contributed by atoms with van der Waals surface area (Å²) < 4.78 is 1.81. The molecule has 0 aliphatic rings. The molecule has 4 nitrogen and oxygen atoms in total. The van der Waals surface area contributed by atoms with Crippen LogP contribution in [0.25, 0.3) is 5.69 Å². The highest BCUT2D eigenvalue weighted by Gasteiger charge is 2.10. The molecule has 0 unspecified atom stereocenters. The zero-order valence-electron chi connectivity index (χ0n) is 10.7. The first-order chi connectivity index (χ1) is 9.75. The summed E-state index contributed by atoms with van der Waals surface area (Å²) in [6, 6.07) is 14.5. The van der Waals surface area contributed by atoms with Crippen molar-refractivity contribution in [2.45, 2.75) is 0 Å². The van der Waals surface area contributed by atoms with E-state index in [-0.39, 0.29) is 5.78 Å². The number of benzene rings is 2. The average Bonchev–Trinajstić information content (AvgIpc) is 3.01. The summed E-state index contributed by atoms with van der Waals surface area (Å²) in [6.07, 6.45) is 5.16. The Morgan fingerprint density at radius 2 is 1.85 bits per heavy atom. The molecule has 3 rings (SSSR count). The number of aromatic nitrogens is 2. The zero-order valence-corrected chi connectivity index (χ0v) is 10.7. The van der Waals surface area contributed by atoms with E-state index in [0.717, 1.165) is 5.69 Å². The van der Waals surface area contributed by atoms with Gasteiger partial charge in [-0.25, -0.2) is 4.98 Å². The summed E-state index contributed by atoms with van der Waals surface area (Å²) in [6.45, 7) is 0. The van der Waals surface area contributed by atoms with Crippen molar-refractivity contribution in [3.8, 4) is 5.69 Å². The predicted molar refractivity (Wildman–Crippen MR) is 77.9 cm³/mol. The molecular weight excluding hydrogens is 250 g/mol. The molecule has 2 N–H and O–H groups in total. The molecule has 0 fully saturated rings. The van der Waals surface area contributed by atoms with Crippen molar-refractivity contribution < 1.29 is 4.79 Å². The topological polar surface area (TPSA) is 60.9 Å². The number of carbonyl (C=O) groups is 1. The predicted octanol–water partition coefficient (Wildman–Crippen LogP) is 2.69. The van der Waals surface area contributed by atoms with Crippen LogP contribution in [-0.4, -0.2) is 15.3 Å². The maximum Gasteiger partial charge on any atom is 0.193 e. The molecule has 20 heavy (non-hydrogen) atoms. The average molecular weight is 263 g/mol. The molecule has 3 aromatic rings. The molecule has 0 bridgehead atoms. The third-order valence-electron chi connectivity index (χ3n) is 3.11. The number of nitrogens with zero attached hydrogens (tertiary/aromatic N) is 2. The molecule has 98 valence electrons. The first kappa shape index (κ1) is 12.2. The lowest BCUT2D eigenvalue weighted by Crippen LogP contribution is -2.04. The second kappa shape index (κ2) is 5.01. The fraction of sp³-hybridized carbons (Fsp3) is 0. The lowest BCUT2D eigenvalue weighted by atomic mass is 10.0. The molecule has 1 heterocycles. The third-order valence-corrected chi connectivity index (χ3v) is 3.11. The van der Waals surface area contributed by atoms with Crippen molar-refractivity contribution in [3.63, 3.8) is 0 Å². The van der Waals surface area contributed by atoms with Crippen LogP contribution in [0, 0.1) is 0 Å². The zero-order chi connectivity index (χ0) is 13.9. The van der Waals surface area contributed by atoms with E-state index < -0.39 is 0 Å². The molecule has 0 spiro atoms. The van der Waals surface area contributed by atoms with Gasteiger partial charge in [0.25, 0.3) is 0 Å². The van der Waals surface area contributed by atoms with E-state index in [4.69, 9.17) is 5.73 Å². The molecular formula is C16H13N3O. The summed E-state index contributed by atoms with van der Waals surface area (Å²) in [4.78, 5) is 16.3. The van der Waals surface area contributed by atoms with Crippen molar-refractivity contribution in [1.82, 2.24) is 9.55 Å². The van der Waals surface area contributed by atoms with Gasteiger partial charge >= 0.3 is 0 Å². The Morgan fingerprint density at radius 3 is 2.50 bits per heavy atom. The van der Waals surface area contributed by atoms with Gasteiger partial charge in [-0.3, -0.25) is 4.79 Å². The van der Waals surface area contributed by atoms with Gasteiger partial charge in [-0.05, 0) is 18.2 Å². The van der Waals surface area contributed by atoms with Gasteiger partial charge in [0, 0.05) is 23.5 Å². The maximum atomic E-state index is 12.3. The largest absolute Gasteiger partial charge is 0.397 e. The molecule has 0 aliphatic carbocycles. The monoisotopic (exact) mass is 263 g/mol. The van der Waals surface area contributed by atoms with Crippen LogP contribution in [0.4, 0.5) is 5.69 Å². The third kappa shape index (κ3) is 2.19. The number of rotatable bonds is 3. The maximum absolute atomic E-state index is 12.3. The van der Waals surface area contributed by atoms with Crippen molar-refractivity contribution in [2.24, 2.45) is 0 Å². The van der Waals surface area contributed by atoms with Gasteiger partial charge < -0.3 is 10.3 Å². The van der Waals surface area contributed by atoms with Crippen LogP contribution in [0.2, 0.25) is 0 Å². The van der Waals surface area contributed by atoms with Crippen LogP contribution in [0.5, 0.6) is 0 Å². The second-order valence-corrected chi connectivity index (χ2v) is 4.44. The first-order valence-corrected chi connectivity index (χ1v) is 6.23. The number of nitrogen functional groups attached to an aromatic ring is 1. The van der Waals surface area contributed by atoms with Crippen molar-refractivity contribution in [3.05, 3.63) is 78.4 Å². The van der Waals surface area contributed by atoms with E-state index in [9.17, 15) is 4.79 Å². The standard InChI is InChI=1S/C16H13N3O/c17-14-10-13(16(20)12-4-2-1-3-5-12)6-7-15(14)19-9-8-18-11-19/h1-11H,17H2. The summed E-state index contributed by atoms with van der Waals surface area (Å²) in [7, 11) is 0. The van der Waals surface area contributed by atoms with E-state index in [0.29, 0.717) is 16.8 Å². The summed E-state index contributed by atoms with van der Waals surface area (Å²) >= 11 is 0. The Hall–Kier alpha value is -2.88. The summed E-state index contributed by atoms with van der Waals surface area (Å²) in [5, 5.41) is 0. The van der Waals surface area contributed by atoms with Gasteiger partial charge in [-0.15, -0.1) is 0 Å². The van der Waals surface area contributed by atoms with Gasteiger partial charge in [0.2, 0.25) is 0 Å². The minimum atomic E-state index is -0.0329. The van der Waals surface area contributed by atoms with E-state index >= 15 is 0 Å². The lowest BCUT2D eigenvalue weighted by molar-refractivity contribution is 0.103. The number of hydrogen-bond acceptors (Lipinski definition) is 3. The normalized spacial score (nSPS) is 10.4. The molecule has 0 atom stereocenters. The fourth-order valence-electron chi connectivity index (χ4n) is 2.09. The van der Waals surface area contributed by atoms with E-state index in [2.05, 4.69) is 4.98 Å². The van der Waals surface area contributed by atoms with Crippen LogP contribution in [0.3, 0.4) is 0 Å². The minimum Gasteiger partial charge on any atom is -0.397 e. The highest BCUT2D eigenvalue weighted by molar-refractivity contribution is 6.09. The molecule has 4 heteroatoms. The number of ketones is 1. The smallest absolute Gasteiger partial charge is 0.193 e. The quantitative estimate of drug-likeness (QED) is 0.583. The SMILES string of the molecule is Nc1cc(C(=O)c2ccccc2)ccc1-n1ccnc1. The molecule has 0 saturated carbocycles. The van der Waals surface area contributed by atoms with Crippen LogP contribution < -0.4 is 5.73 Å². The van der Waals surface area contributed by atoms with Gasteiger partial charge in [-0.2, -0.15) is 0 Å². The highest BCUT2D eigenvalue weighted by atomic mass is 16.1. The molecule has 0 amide bonds. The van der Waals surface area contributed by atoms with Crippen LogP contribution in [0.15, 0.2) is 67.3 Å². The highest BCUT2D eigenvalue weighted by Crippen LogP contribution is 2.20. The number of imidazole rings is 1. The Labute approximate surface area is 116 Å². The lowest BCUT2D eigenvalue weighted by Gasteiger charge is -2.08. The molecule has 2 aromatic carbocycles. The van der Waals surface area contributed by atoms with E-state index in [1.54, 1.807) is 36.8 Å². The van der Waals surface area contributed by atoms with Crippen LogP contribution >= 0.6 is 0 Å². The van der Waals surface area contributed by atoms with E-state index in [1.807, 2.05) is 35.0 Å². The number of hydrogen-bond donors (Lipinski definition) is 1. The summed E-state index contributed by atoms with van der Waals surface area (Å²) in [5.74, 6) is -0.0329. The van der Waals surface area contributed by atoms with Gasteiger partial charge in [0.05, 0.1) is 17.7 Å². The minimum absolute atomic E-state index is 0.0329. The van der Waals surface area contributed by atoms with Gasteiger partial charge in [0.15, 0.2) is 5.78 Å². The Bertz CT molecular complexity index is 734. The molecule has 0 saturated heterocycles. The number of carbonyl (C=O) groups excluding carboxylic acids is 1. The Kier molecular flexibility index (Phi) is 3.05. The second-order valence-electron chi connectivity index (χ2n) is 4.44. The van der Waals surface area contributed by atoms with Crippen LogP contribution in [0.1, 0.15) is 15.9 Å². The first-order valence-electron chi connectivity index (χ1n) is 6.23. The number of anilines is 1. The van der Waals surface area contributed by atoms with E-state index in [1.165, 1.54) is 0 Å². The van der Waals surface area contributed by atoms with Gasteiger partial charge in [-0.1, -0.05) is 30.3 Å². The molecule has 0 radical (unpaired) electrons. The van der Waals surface area contributed by atoms with Crippen molar-refractivity contribution in [1.29, 1.82) is 0 Å². The Balaban J connectivity index is 1.97. The van der Waals surface area contributed by atoms with Gasteiger partial charge in [0.1, 0.15) is 0 Å². The molecule has 1 aromatic heterocycles. The fourth-order valence-corrected chi connectivity index (χ4v) is 2.09. The van der Waals surface area contributed by atoms with Crippen molar-refractivity contribution in [2.75, 3.05) is 5.73 Å². The van der Waals surface area contributed by atoms with Crippen LogP contribution in [-0.2, 0) is 0 Å². The number of nitrogens with two attached hydrogens (primary N) is 1. The molecule has 0 aliphatic heterocycles. The Morgan fingerprint density at radius 1 is 1.05 bits per heavy atom. The van der Waals surface area contributed by atoms with Crippen molar-refractivity contribution >= 4 is 11.5 Å². The summed E-state index contributed by atoms with van der Waals surface area (Å²) in [5.41, 5.74) is 8.62.